The summed E-state index contributed by atoms with van der Waals surface area (Å²) in [6.45, 7) is 2.29. The molecule has 3 rings (SSSR count). The highest BCUT2D eigenvalue weighted by atomic mass is 16.5. The molecule has 0 radical (unpaired) electrons. The van der Waals surface area contributed by atoms with E-state index in [0.717, 1.165) is 23.1 Å². The van der Waals surface area contributed by atoms with Crippen molar-refractivity contribution in [2.45, 2.75) is 20.0 Å². The van der Waals surface area contributed by atoms with Crippen LogP contribution in [-0.2, 0) is 13.0 Å². The Bertz CT molecular complexity index is 657. The minimum absolute atomic E-state index is 0.319. The fraction of sp³-hybridized carbons (Fsp3) is 0.231. The van der Waals surface area contributed by atoms with Gasteiger partial charge in [-0.3, -0.25) is 0 Å². The third kappa shape index (κ3) is 2.07. The van der Waals surface area contributed by atoms with E-state index < -0.39 is 0 Å². The second kappa shape index (κ2) is 4.52. The fourth-order valence-electron chi connectivity index (χ4n) is 1.76. The van der Waals surface area contributed by atoms with Crippen LogP contribution < -0.4 is 4.74 Å². The Morgan fingerprint density at radius 3 is 3.11 bits per heavy atom. The first kappa shape index (κ1) is 10.8. The van der Waals surface area contributed by atoms with Crippen molar-refractivity contribution in [3.8, 4) is 5.75 Å². The van der Waals surface area contributed by atoms with Gasteiger partial charge in [0.1, 0.15) is 5.75 Å². The maximum Gasteiger partial charge on any atom is 0.226 e. The summed E-state index contributed by atoms with van der Waals surface area (Å²) >= 11 is 0. The van der Waals surface area contributed by atoms with Gasteiger partial charge in [0.15, 0.2) is 6.61 Å². The Morgan fingerprint density at radius 1 is 1.33 bits per heavy atom. The third-order valence-electron chi connectivity index (χ3n) is 2.71. The summed E-state index contributed by atoms with van der Waals surface area (Å²) in [5.41, 5.74) is 1.09. The first-order valence-electron chi connectivity index (χ1n) is 5.86. The van der Waals surface area contributed by atoms with E-state index in [-0.39, 0.29) is 0 Å². The van der Waals surface area contributed by atoms with E-state index in [2.05, 4.69) is 15.1 Å². The lowest BCUT2D eigenvalue weighted by Crippen LogP contribution is -1.97. The molecule has 0 saturated heterocycles. The number of aromatic nitrogens is 3. The van der Waals surface area contributed by atoms with Crippen LogP contribution in [0.25, 0.3) is 10.9 Å². The van der Waals surface area contributed by atoms with Crippen molar-refractivity contribution >= 4 is 10.9 Å². The van der Waals surface area contributed by atoms with Crippen molar-refractivity contribution in [2.75, 3.05) is 0 Å². The van der Waals surface area contributed by atoms with Gasteiger partial charge in [-0.25, -0.2) is 0 Å². The molecule has 0 saturated carbocycles. The standard InChI is InChI=1S/C13H13N3O2/c1-2-13-15-12(16-18-13)8-17-10-3-4-11-9(7-10)5-6-14-11/h3-7,14H,2,8H2,1H3. The number of hydrogen-bond acceptors (Lipinski definition) is 4. The molecule has 0 aliphatic carbocycles. The first-order chi connectivity index (χ1) is 8.85. The van der Waals surface area contributed by atoms with Crippen LogP contribution in [0.4, 0.5) is 0 Å². The van der Waals surface area contributed by atoms with E-state index in [9.17, 15) is 0 Å². The van der Waals surface area contributed by atoms with Gasteiger partial charge in [-0.15, -0.1) is 0 Å². The Labute approximate surface area is 104 Å². The minimum Gasteiger partial charge on any atom is -0.485 e. The average Bonchev–Trinajstić information content (AvgIpc) is 3.04. The second-order valence-electron chi connectivity index (χ2n) is 3.97. The number of aryl methyl sites for hydroxylation is 1. The Hall–Kier alpha value is -2.30. The number of ether oxygens (including phenoxy) is 1. The number of nitrogens with one attached hydrogen (secondary N) is 1. The molecule has 0 aliphatic heterocycles. The zero-order valence-corrected chi connectivity index (χ0v) is 10.0. The summed E-state index contributed by atoms with van der Waals surface area (Å²) in [4.78, 5) is 7.32. The van der Waals surface area contributed by atoms with Gasteiger partial charge in [0.2, 0.25) is 11.7 Å². The zero-order valence-electron chi connectivity index (χ0n) is 10.0. The summed E-state index contributed by atoms with van der Waals surface area (Å²) in [5, 5.41) is 4.96. The van der Waals surface area contributed by atoms with Crippen LogP contribution in [0.1, 0.15) is 18.6 Å². The van der Waals surface area contributed by atoms with E-state index in [1.807, 2.05) is 37.4 Å². The Balaban J connectivity index is 1.72. The van der Waals surface area contributed by atoms with Crippen LogP contribution >= 0.6 is 0 Å². The van der Waals surface area contributed by atoms with Gasteiger partial charge in [-0.2, -0.15) is 4.98 Å². The molecular formula is C13H13N3O2. The van der Waals surface area contributed by atoms with Crippen molar-refractivity contribution in [3.63, 3.8) is 0 Å². The van der Waals surface area contributed by atoms with Crippen LogP contribution in [0.3, 0.4) is 0 Å². The molecule has 0 unspecified atom stereocenters. The first-order valence-corrected chi connectivity index (χ1v) is 5.86. The summed E-state index contributed by atoms with van der Waals surface area (Å²) in [6, 6.07) is 7.89. The molecule has 2 aromatic heterocycles. The normalized spacial score (nSPS) is 10.9. The number of benzene rings is 1. The highest BCUT2D eigenvalue weighted by Gasteiger charge is 2.05. The highest BCUT2D eigenvalue weighted by molar-refractivity contribution is 5.80. The molecule has 3 aromatic rings. The molecule has 0 aliphatic rings. The number of fused-ring (bicyclic) bond motifs is 1. The molecule has 1 aromatic carbocycles. The van der Waals surface area contributed by atoms with E-state index in [4.69, 9.17) is 9.26 Å². The van der Waals surface area contributed by atoms with Crippen molar-refractivity contribution in [3.05, 3.63) is 42.2 Å². The second-order valence-corrected chi connectivity index (χ2v) is 3.97. The quantitative estimate of drug-likeness (QED) is 0.765. The van der Waals surface area contributed by atoms with Gasteiger partial charge in [0, 0.05) is 23.5 Å². The van der Waals surface area contributed by atoms with Crippen LogP contribution in [0.5, 0.6) is 5.75 Å². The molecule has 92 valence electrons. The largest absolute Gasteiger partial charge is 0.485 e. The van der Waals surface area contributed by atoms with Crippen molar-refractivity contribution in [1.29, 1.82) is 0 Å². The maximum atomic E-state index is 5.63. The molecule has 0 spiro atoms. The molecule has 5 heteroatoms. The Morgan fingerprint density at radius 2 is 2.28 bits per heavy atom. The predicted molar refractivity (Wildman–Crippen MR) is 66.3 cm³/mol. The van der Waals surface area contributed by atoms with Crippen molar-refractivity contribution < 1.29 is 9.26 Å². The van der Waals surface area contributed by atoms with E-state index >= 15 is 0 Å². The fourth-order valence-corrected chi connectivity index (χ4v) is 1.76. The van der Waals surface area contributed by atoms with Crippen LogP contribution in [0.15, 0.2) is 35.0 Å². The van der Waals surface area contributed by atoms with E-state index in [0.29, 0.717) is 18.3 Å². The maximum absolute atomic E-state index is 5.63. The van der Waals surface area contributed by atoms with Crippen LogP contribution in [0.2, 0.25) is 0 Å². The SMILES string of the molecule is CCc1nc(COc2ccc3[nH]ccc3c2)no1. The average molecular weight is 243 g/mol. The number of rotatable bonds is 4. The summed E-state index contributed by atoms with van der Waals surface area (Å²) in [6.07, 6.45) is 2.64. The van der Waals surface area contributed by atoms with E-state index in [1.165, 1.54) is 0 Å². The molecular weight excluding hydrogens is 230 g/mol. The lowest BCUT2D eigenvalue weighted by Gasteiger charge is -2.02. The van der Waals surface area contributed by atoms with Gasteiger partial charge in [0.05, 0.1) is 0 Å². The molecule has 0 fully saturated rings. The zero-order chi connectivity index (χ0) is 12.4. The van der Waals surface area contributed by atoms with E-state index in [1.54, 1.807) is 0 Å². The van der Waals surface area contributed by atoms with Crippen molar-refractivity contribution in [1.82, 2.24) is 15.1 Å². The topological polar surface area (TPSA) is 63.9 Å². The lowest BCUT2D eigenvalue weighted by molar-refractivity contribution is 0.285. The van der Waals surface area contributed by atoms with Crippen molar-refractivity contribution in [2.24, 2.45) is 0 Å². The molecule has 0 amide bonds. The lowest BCUT2D eigenvalue weighted by atomic mass is 10.2. The minimum atomic E-state index is 0.319. The monoisotopic (exact) mass is 243 g/mol. The predicted octanol–water partition coefficient (Wildman–Crippen LogP) is 2.69. The molecule has 2 heterocycles. The Kier molecular flexibility index (Phi) is 2.72. The molecule has 0 bridgehead atoms. The van der Waals surface area contributed by atoms with Gasteiger partial charge in [-0.05, 0) is 24.3 Å². The van der Waals surface area contributed by atoms with Crippen LogP contribution in [0, 0.1) is 0 Å². The summed E-state index contributed by atoms with van der Waals surface area (Å²) in [5.74, 6) is 2.00. The number of hydrogen-bond donors (Lipinski definition) is 1. The van der Waals surface area contributed by atoms with Crippen LogP contribution in [-0.4, -0.2) is 15.1 Å². The summed E-state index contributed by atoms with van der Waals surface area (Å²) in [7, 11) is 0. The number of nitrogens with zero attached hydrogens (tertiary/aromatic N) is 2. The number of aromatic amines is 1. The molecule has 0 atom stereocenters. The van der Waals surface area contributed by atoms with Gasteiger partial charge in [-0.1, -0.05) is 12.1 Å². The smallest absolute Gasteiger partial charge is 0.226 e. The highest BCUT2D eigenvalue weighted by Crippen LogP contribution is 2.20. The molecule has 18 heavy (non-hydrogen) atoms. The van der Waals surface area contributed by atoms with Gasteiger partial charge >= 0.3 is 0 Å². The van der Waals surface area contributed by atoms with Gasteiger partial charge < -0.3 is 14.2 Å². The summed E-state index contributed by atoms with van der Waals surface area (Å²) < 4.78 is 10.6. The molecule has 5 nitrogen and oxygen atoms in total. The third-order valence-corrected chi connectivity index (χ3v) is 2.71. The van der Waals surface area contributed by atoms with Gasteiger partial charge in [0.25, 0.3) is 0 Å². The molecule has 1 N–H and O–H groups in total. The number of H-pyrrole nitrogens is 1.